The predicted octanol–water partition coefficient (Wildman–Crippen LogP) is 4.36. The molecular weight excluding hydrogens is 338 g/mol. The molecule has 0 amide bonds. The van der Waals surface area contributed by atoms with Crippen molar-refractivity contribution < 1.29 is 4.74 Å². The molecule has 3 rings (SSSR count). The first-order valence-electron chi connectivity index (χ1n) is 6.61. The number of nitrogens with zero attached hydrogens (tertiary/aromatic N) is 2. The number of aromatic nitrogens is 2. The highest BCUT2D eigenvalue weighted by Gasteiger charge is 2.28. The van der Waals surface area contributed by atoms with Crippen molar-refractivity contribution in [2.24, 2.45) is 0 Å². The van der Waals surface area contributed by atoms with Crippen LogP contribution >= 0.6 is 27.5 Å². The third-order valence-electron chi connectivity index (χ3n) is 3.40. The predicted molar refractivity (Wildman–Crippen MR) is 84.6 cm³/mol. The average Bonchev–Trinajstić information content (AvgIpc) is 3.19. The molecule has 1 N–H and O–H groups in total. The Bertz CT molecular complexity index is 612. The van der Waals surface area contributed by atoms with Gasteiger partial charge in [0.15, 0.2) is 0 Å². The molecule has 1 unspecified atom stereocenters. The van der Waals surface area contributed by atoms with Gasteiger partial charge in [0.1, 0.15) is 11.6 Å². The summed E-state index contributed by atoms with van der Waals surface area (Å²) in [5.41, 5.74) is 1.18. The lowest BCUT2D eigenvalue weighted by molar-refractivity contribution is 0.412. The molecule has 0 radical (unpaired) electrons. The third kappa shape index (κ3) is 2.96. The zero-order chi connectivity index (χ0) is 14.1. The third-order valence-corrected chi connectivity index (χ3v) is 4.68. The maximum Gasteiger partial charge on any atom is 0.203 e. The van der Waals surface area contributed by atoms with Crippen LogP contribution in [0, 0.1) is 0 Å². The minimum absolute atomic E-state index is 0.178. The number of methoxy groups -OCH3 is 1. The molecule has 1 atom stereocenters. The van der Waals surface area contributed by atoms with E-state index in [2.05, 4.69) is 49.7 Å². The van der Waals surface area contributed by atoms with E-state index >= 15 is 0 Å². The van der Waals surface area contributed by atoms with Crippen LogP contribution in [0.25, 0.3) is 0 Å². The molecule has 1 aliphatic rings. The standard InChI is InChI=1S/C14H16BrN3OS/c1-8(10-5-6-12(19-2)11(15)7-10)16-14-17-13(18-20-14)9-3-4-9/h5-9H,3-4H2,1-2H3,(H,16,17,18). The molecule has 4 nitrogen and oxygen atoms in total. The number of benzene rings is 1. The maximum atomic E-state index is 5.25. The number of hydrogen-bond donors (Lipinski definition) is 1. The normalized spacial score (nSPS) is 15.9. The molecule has 0 saturated heterocycles. The number of rotatable bonds is 5. The number of nitrogens with one attached hydrogen (secondary N) is 1. The van der Waals surface area contributed by atoms with Gasteiger partial charge in [-0.1, -0.05) is 6.07 Å². The van der Waals surface area contributed by atoms with Crippen molar-refractivity contribution in [2.45, 2.75) is 31.7 Å². The first-order chi connectivity index (χ1) is 9.67. The van der Waals surface area contributed by atoms with Gasteiger partial charge in [-0.05, 0) is 53.4 Å². The van der Waals surface area contributed by atoms with Crippen LogP contribution in [0.15, 0.2) is 22.7 Å². The van der Waals surface area contributed by atoms with Crippen LogP contribution in [0.4, 0.5) is 5.13 Å². The van der Waals surface area contributed by atoms with Gasteiger partial charge in [-0.3, -0.25) is 0 Å². The second-order valence-corrected chi connectivity index (χ2v) is 6.60. The Labute approximate surface area is 130 Å². The van der Waals surface area contributed by atoms with Gasteiger partial charge in [-0.25, -0.2) is 4.98 Å². The second kappa shape index (κ2) is 5.69. The lowest BCUT2D eigenvalue weighted by atomic mass is 10.1. The van der Waals surface area contributed by atoms with Crippen molar-refractivity contribution in [1.29, 1.82) is 0 Å². The molecule has 106 valence electrons. The van der Waals surface area contributed by atoms with Crippen LogP contribution in [0.3, 0.4) is 0 Å². The zero-order valence-electron chi connectivity index (χ0n) is 11.4. The number of hydrogen-bond acceptors (Lipinski definition) is 5. The highest BCUT2D eigenvalue weighted by atomic mass is 79.9. The smallest absolute Gasteiger partial charge is 0.203 e. The molecule has 1 aromatic carbocycles. The van der Waals surface area contributed by atoms with Gasteiger partial charge >= 0.3 is 0 Å². The van der Waals surface area contributed by atoms with Crippen LogP contribution in [0.5, 0.6) is 5.75 Å². The summed E-state index contributed by atoms with van der Waals surface area (Å²) in [5, 5.41) is 4.30. The van der Waals surface area contributed by atoms with E-state index in [-0.39, 0.29) is 6.04 Å². The van der Waals surface area contributed by atoms with Crippen LogP contribution in [0.2, 0.25) is 0 Å². The summed E-state index contributed by atoms with van der Waals surface area (Å²) in [6, 6.07) is 6.27. The maximum absolute atomic E-state index is 5.25. The van der Waals surface area contributed by atoms with Gasteiger partial charge in [0, 0.05) is 17.5 Å². The molecule has 1 saturated carbocycles. The summed E-state index contributed by atoms with van der Waals surface area (Å²) in [4.78, 5) is 4.55. The molecule has 20 heavy (non-hydrogen) atoms. The second-order valence-electron chi connectivity index (χ2n) is 4.99. The Hall–Kier alpha value is -1.14. The molecule has 2 aromatic rings. The van der Waals surface area contributed by atoms with E-state index in [1.54, 1.807) is 7.11 Å². The summed E-state index contributed by atoms with van der Waals surface area (Å²) in [5.74, 6) is 2.45. The van der Waals surface area contributed by atoms with Crippen LogP contribution in [0.1, 0.15) is 43.1 Å². The SMILES string of the molecule is COc1ccc(C(C)Nc2nc(C3CC3)ns2)cc1Br. The quantitative estimate of drug-likeness (QED) is 0.867. The van der Waals surface area contributed by atoms with E-state index in [9.17, 15) is 0 Å². The molecule has 1 heterocycles. The van der Waals surface area contributed by atoms with Crippen molar-refractivity contribution in [3.63, 3.8) is 0 Å². The van der Waals surface area contributed by atoms with Crippen molar-refractivity contribution in [2.75, 3.05) is 12.4 Å². The molecule has 1 fully saturated rings. The Morgan fingerprint density at radius 3 is 2.90 bits per heavy atom. The fraction of sp³-hybridized carbons (Fsp3) is 0.429. The summed E-state index contributed by atoms with van der Waals surface area (Å²) in [7, 11) is 1.67. The van der Waals surface area contributed by atoms with E-state index in [0.29, 0.717) is 5.92 Å². The molecule has 6 heteroatoms. The lowest BCUT2D eigenvalue weighted by Gasteiger charge is -2.14. The Balaban J connectivity index is 1.71. The van der Waals surface area contributed by atoms with Crippen LogP contribution in [-0.2, 0) is 0 Å². The molecular formula is C14H16BrN3OS. The Morgan fingerprint density at radius 1 is 1.45 bits per heavy atom. The van der Waals surface area contributed by atoms with Crippen LogP contribution < -0.4 is 10.1 Å². The molecule has 1 aliphatic carbocycles. The molecule has 1 aromatic heterocycles. The van der Waals surface area contributed by atoms with Crippen molar-refractivity contribution in [3.05, 3.63) is 34.1 Å². The zero-order valence-corrected chi connectivity index (χ0v) is 13.8. The monoisotopic (exact) mass is 353 g/mol. The van der Waals surface area contributed by atoms with E-state index in [1.807, 2.05) is 6.07 Å². The first kappa shape index (κ1) is 13.8. The molecule has 0 aliphatic heterocycles. The highest BCUT2D eigenvalue weighted by molar-refractivity contribution is 9.10. The van der Waals surface area contributed by atoms with E-state index in [0.717, 1.165) is 21.2 Å². The van der Waals surface area contributed by atoms with Crippen molar-refractivity contribution >= 4 is 32.6 Å². The molecule has 0 bridgehead atoms. The van der Waals surface area contributed by atoms with E-state index in [4.69, 9.17) is 4.74 Å². The molecule has 0 spiro atoms. The van der Waals surface area contributed by atoms with E-state index < -0.39 is 0 Å². The number of halogens is 1. The minimum Gasteiger partial charge on any atom is -0.496 e. The van der Waals surface area contributed by atoms with Crippen molar-refractivity contribution in [1.82, 2.24) is 9.36 Å². The summed E-state index contributed by atoms with van der Waals surface area (Å²) >= 11 is 4.96. The van der Waals surface area contributed by atoms with Gasteiger partial charge in [0.25, 0.3) is 0 Å². The lowest BCUT2D eigenvalue weighted by Crippen LogP contribution is -2.06. The summed E-state index contributed by atoms with van der Waals surface area (Å²) < 4.78 is 10.6. The summed E-state index contributed by atoms with van der Waals surface area (Å²) in [6.07, 6.45) is 2.47. The number of ether oxygens (including phenoxy) is 1. The highest BCUT2D eigenvalue weighted by Crippen LogP contribution is 2.39. The van der Waals surface area contributed by atoms with Crippen molar-refractivity contribution in [3.8, 4) is 5.75 Å². The number of anilines is 1. The van der Waals surface area contributed by atoms with Crippen LogP contribution in [-0.4, -0.2) is 16.5 Å². The van der Waals surface area contributed by atoms with Gasteiger partial charge in [0.2, 0.25) is 5.13 Å². The van der Waals surface area contributed by atoms with Gasteiger partial charge in [-0.2, -0.15) is 4.37 Å². The fourth-order valence-electron chi connectivity index (χ4n) is 2.02. The Kier molecular flexibility index (Phi) is 3.94. The van der Waals surface area contributed by atoms with Gasteiger partial charge in [-0.15, -0.1) is 0 Å². The largest absolute Gasteiger partial charge is 0.496 e. The van der Waals surface area contributed by atoms with Gasteiger partial charge < -0.3 is 10.1 Å². The minimum atomic E-state index is 0.178. The summed E-state index contributed by atoms with van der Waals surface area (Å²) in [6.45, 7) is 2.12. The Morgan fingerprint density at radius 2 is 2.25 bits per heavy atom. The fourth-order valence-corrected chi connectivity index (χ4v) is 3.31. The van der Waals surface area contributed by atoms with Gasteiger partial charge in [0.05, 0.1) is 17.6 Å². The first-order valence-corrected chi connectivity index (χ1v) is 8.17. The topological polar surface area (TPSA) is 47.0 Å². The van der Waals surface area contributed by atoms with E-state index in [1.165, 1.54) is 29.9 Å². The average molecular weight is 354 g/mol.